The summed E-state index contributed by atoms with van der Waals surface area (Å²) in [5, 5.41) is 3.10. The van der Waals surface area contributed by atoms with Crippen LogP contribution in [0.4, 0.5) is 0 Å². The number of hydrogen-bond donors (Lipinski definition) is 2. The molecule has 0 radical (unpaired) electrons. The van der Waals surface area contributed by atoms with Crippen LogP contribution in [0.2, 0.25) is 0 Å². The molecule has 3 nitrogen and oxygen atoms in total. The molecule has 4 heteroatoms. The maximum absolute atomic E-state index is 12.2. The summed E-state index contributed by atoms with van der Waals surface area (Å²) < 4.78 is 1.03. The van der Waals surface area contributed by atoms with E-state index in [0.717, 1.165) is 35.7 Å². The van der Waals surface area contributed by atoms with Crippen LogP contribution in [0.5, 0.6) is 0 Å². The van der Waals surface area contributed by atoms with Gasteiger partial charge in [-0.25, -0.2) is 0 Å². The van der Waals surface area contributed by atoms with Crippen molar-refractivity contribution >= 4 is 21.8 Å². The summed E-state index contributed by atoms with van der Waals surface area (Å²) in [6.07, 6.45) is 3.89. The third kappa shape index (κ3) is 4.05. The van der Waals surface area contributed by atoms with E-state index in [4.69, 9.17) is 5.73 Å². The standard InChI is InChI=1S/C15H21BrN2O/c1-10(11-4-2-6-13(16)8-11)18-15(19)12-5-3-7-14(17)9-12/h2,4,6,8,10,12,14H,3,5,7,9,17H2,1H3,(H,18,19)/t10-,12?,14?/m1/s1. The largest absolute Gasteiger partial charge is 0.349 e. The first kappa shape index (κ1) is 14.5. The van der Waals surface area contributed by atoms with Gasteiger partial charge in [-0.15, -0.1) is 0 Å². The Morgan fingerprint density at radius 3 is 2.95 bits per heavy atom. The molecule has 0 spiro atoms. The van der Waals surface area contributed by atoms with E-state index < -0.39 is 0 Å². The van der Waals surface area contributed by atoms with E-state index in [2.05, 4.69) is 21.2 Å². The first-order valence-corrected chi connectivity index (χ1v) is 7.67. The molecule has 104 valence electrons. The van der Waals surface area contributed by atoms with Crippen LogP contribution in [0.1, 0.15) is 44.2 Å². The minimum Gasteiger partial charge on any atom is -0.349 e. The van der Waals surface area contributed by atoms with Gasteiger partial charge in [-0.3, -0.25) is 4.79 Å². The van der Waals surface area contributed by atoms with Crippen molar-refractivity contribution in [3.05, 3.63) is 34.3 Å². The summed E-state index contributed by atoms with van der Waals surface area (Å²) in [6.45, 7) is 2.02. The zero-order valence-electron chi connectivity index (χ0n) is 11.2. The average Bonchev–Trinajstić information content (AvgIpc) is 2.38. The number of halogens is 1. The highest BCUT2D eigenvalue weighted by Crippen LogP contribution is 2.24. The van der Waals surface area contributed by atoms with Crippen molar-refractivity contribution in [3.8, 4) is 0 Å². The van der Waals surface area contributed by atoms with Gasteiger partial charge in [0.05, 0.1) is 6.04 Å². The molecule has 0 bridgehead atoms. The van der Waals surface area contributed by atoms with Crippen molar-refractivity contribution in [3.63, 3.8) is 0 Å². The quantitative estimate of drug-likeness (QED) is 0.897. The number of amides is 1. The van der Waals surface area contributed by atoms with Crippen LogP contribution in [0.15, 0.2) is 28.7 Å². The second-order valence-corrected chi connectivity index (χ2v) is 6.32. The lowest BCUT2D eigenvalue weighted by Crippen LogP contribution is -2.38. The number of carbonyl (C=O) groups is 1. The van der Waals surface area contributed by atoms with Crippen molar-refractivity contribution in [2.75, 3.05) is 0 Å². The minimum absolute atomic E-state index is 0.0307. The first-order valence-electron chi connectivity index (χ1n) is 6.87. The summed E-state index contributed by atoms with van der Waals surface area (Å²) in [7, 11) is 0. The van der Waals surface area contributed by atoms with Gasteiger partial charge >= 0.3 is 0 Å². The van der Waals surface area contributed by atoms with E-state index in [9.17, 15) is 4.79 Å². The number of benzene rings is 1. The topological polar surface area (TPSA) is 55.1 Å². The smallest absolute Gasteiger partial charge is 0.223 e. The van der Waals surface area contributed by atoms with Gasteiger partial charge in [0.1, 0.15) is 0 Å². The van der Waals surface area contributed by atoms with Gasteiger partial charge in [0.15, 0.2) is 0 Å². The summed E-state index contributed by atoms with van der Waals surface area (Å²) in [5.41, 5.74) is 7.05. The Labute approximate surface area is 123 Å². The molecule has 3 atom stereocenters. The van der Waals surface area contributed by atoms with Crippen LogP contribution in [0.25, 0.3) is 0 Å². The number of nitrogens with two attached hydrogens (primary N) is 1. The zero-order chi connectivity index (χ0) is 13.8. The Morgan fingerprint density at radius 2 is 2.26 bits per heavy atom. The Balaban J connectivity index is 1.94. The first-order chi connectivity index (χ1) is 9.06. The molecule has 1 fully saturated rings. The fourth-order valence-electron chi connectivity index (χ4n) is 2.66. The number of rotatable bonds is 3. The molecular weight excluding hydrogens is 304 g/mol. The van der Waals surface area contributed by atoms with E-state index >= 15 is 0 Å². The number of carbonyl (C=O) groups excluding carboxylic acids is 1. The second kappa shape index (κ2) is 6.53. The SMILES string of the molecule is C[C@@H](NC(=O)C1CCCC(N)C1)c1cccc(Br)c1. The molecule has 1 aromatic carbocycles. The Kier molecular flexibility index (Phi) is 4.99. The maximum atomic E-state index is 12.2. The third-order valence-electron chi connectivity index (χ3n) is 3.79. The van der Waals surface area contributed by atoms with Gasteiger partial charge in [0.25, 0.3) is 0 Å². The van der Waals surface area contributed by atoms with Crippen molar-refractivity contribution in [1.29, 1.82) is 0 Å². The zero-order valence-corrected chi connectivity index (χ0v) is 12.8. The van der Waals surface area contributed by atoms with Gasteiger partial charge in [-0.1, -0.05) is 34.5 Å². The summed E-state index contributed by atoms with van der Waals surface area (Å²) in [6, 6.07) is 8.25. The molecule has 0 aliphatic heterocycles. The Bertz CT molecular complexity index is 450. The van der Waals surface area contributed by atoms with Crippen molar-refractivity contribution in [2.45, 2.75) is 44.7 Å². The predicted molar refractivity (Wildman–Crippen MR) is 80.6 cm³/mol. The molecule has 0 saturated heterocycles. The van der Waals surface area contributed by atoms with Crippen LogP contribution in [0.3, 0.4) is 0 Å². The average molecular weight is 325 g/mol. The fraction of sp³-hybridized carbons (Fsp3) is 0.533. The van der Waals surface area contributed by atoms with Gasteiger partial charge in [0, 0.05) is 16.4 Å². The maximum Gasteiger partial charge on any atom is 0.223 e. The van der Waals surface area contributed by atoms with Crippen molar-refractivity contribution < 1.29 is 4.79 Å². The molecule has 0 aromatic heterocycles. The van der Waals surface area contributed by atoms with Crippen LogP contribution in [-0.2, 0) is 4.79 Å². The minimum atomic E-state index is 0.0307. The van der Waals surface area contributed by atoms with Gasteiger partial charge in [-0.05, 0) is 43.9 Å². The molecule has 2 unspecified atom stereocenters. The van der Waals surface area contributed by atoms with Gasteiger partial charge in [-0.2, -0.15) is 0 Å². The normalized spacial score (nSPS) is 24.8. The van der Waals surface area contributed by atoms with Crippen LogP contribution >= 0.6 is 15.9 Å². The second-order valence-electron chi connectivity index (χ2n) is 5.41. The fourth-order valence-corrected chi connectivity index (χ4v) is 3.07. The Hall–Kier alpha value is -0.870. The molecule has 1 saturated carbocycles. The molecule has 1 aliphatic rings. The van der Waals surface area contributed by atoms with E-state index in [1.807, 2.05) is 31.2 Å². The highest BCUT2D eigenvalue weighted by atomic mass is 79.9. The van der Waals surface area contributed by atoms with Crippen molar-refractivity contribution in [2.24, 2.45) is 11.7 Å². The molecule has 0 heterocycles. The van der Waals surface area contributed by atoms with Crippen LogP contribution < -0.4 is 11.1 Å². The monoisotopic (exact) mass is 324 g/mol. The lowest BCUT2D eigenvalue weighted by atomic mass is 9.85. The lowest BCUT2D eigenvalue weighted by molar-refractivity contribution is -0.126. The molecule has 2 rings (SSSR count). The Morgan fingerprint density at radius 1 is 1.47 bits per heavy atom. The summed E-state index contributed by atoms with van der Waals surface area (Å²) >= 11 is 3.45. The highest BCUT2D eigenvalue weighted by Gasteiger charge is 2.26. The highest BCUT2D eigenvalue weighted by molar-refractivity contribution is 9.10. The number of hydrogen-bond acceptors (Lipinski definition) is 2. The van der Waals surface area contributed by atoms with Crippen LogP contribution in [-0.4, -0.2) is 11.9 Å². The lowest BCUT2D eigenvalue weighted by Gasteiger charge is -2.27. The van der Waals surface area contributed by atoms with E-state index in [1.165, 1.54) is 0 Å². The van der Waals surface area contributed by atoms with E-state index in [-0.39, 0.29) is 23.9 Å². The van der Waals surface area contributed by atoms with Gasteiger partial charge in [0.2, 0.25) is 5.91 Å². The van der Waals surface area contributed by atoms with E-state index in [0.29, 0.717) is 0 Å². The molecule has 3 N–H and O–H groups in total. The van der Waals surface area contributed by atoms with E-state index in [1.54, 1.807) is 0 Å². The molecule has 1 aromatic rings. The third-order valence-corrected chi connectivity index (χ3v) is 4.29. The predicted octanol–water partition coefficient (Wildman–Crippen LogP) is 3.14. The summed E-state index contributed by atoms with van der Waals surface area (Å²) in [4.78, 5) is 12.2. The number of nitrogens with one attached hydrogen (secondary N) is 1. The summed E-state index contributed by atoms with van der Waals surface area (Å²) in [5.74, 6) is 0.223. The van der Waals surface area contributed by atoms with Crippen molar-refractivity contribution in [1.82, 2.24) is 5.32 Å². The molecular formula is C15H21BrN2O. The molecule has 19 heavy (non-hydrogen) atoms. The van der Waals surface area contributed by atoms with Crippen LogP contribution in [0, 0.1) is 5.92 Å². The van der Waals surface area contributed by atoms with Gasteiger partial charge < -0.3 is 11.1 Å². The molecule has 1 amide bonds. The molecule has 1 aliphatic carbocycles.